The first-order valence-corrected chi connectivity index (χ1v) is 12.7. The van der Waals surface area contributed by atoms with Crippen molar-refractivity contribution in [2.45, 2.75) is 44.8 Å². The number of phenols is 1. The normalized spacial score (nSPS) is 26.4. The minimum Gasteiger partial charge on any atom is -0.508 e. The number of Topliss-reactive ketones (excluding diaryl/α,β-unsaturated/α-hetero) is 2. The van der Waals surface area contributed by atoms with E-state index in [-0.39, 0.29) is 24.0 Å². The van der Waals surface area contributed by atoms with Gasteiger partial charge in [-0.3, -0.25) is 29.4 Å². The topological polar surface area (TPSA) is 208 Å². The third-order valence-corrected chi connectivity index (χ3v) is 8.09. The molecular formula is C26H32N4O9. The van der Waals surface area contributed by atoms with Gasteiger partial charge in [0.2, 0.25) is 11.5 Å². The molecule has 1 saturated carbocycles. The molecule has 6 N–H and O–H groups in total. The number of ketones is 2. The first-order valence-electron chi connectivity index (χ1n) is 12.7. The zero-order chi connectivity index (χ0) is 29.1. The highest BCUT2D eigenvalue weighted by Crippen LogP contribution is 2.54. The Morgan fingerprint density at radius 3 is 2.38 bits per heavy atom. The Morgan fingerprint density at radius 1 is 1.23 bits per heavy atom. The molecule has 1 amide bonds. The van der Waals surface area contributed by atoms with E-state index in [1.807, 2.05) is 18.7 Å². The van der Waals surface area contributed by atoms with Crippen molar-refractivity contribution >= 4 is 34.6 Å². The Bertz CT molecular complexity index is 1370. The number of nitrogens with two attached hydrogens (primary N) is 1. The van der Waals surface area contributed by atoms with Crippen LogP contribution in [0.1, 0.15) is 37.8 Å². The van der Waals surface area contributed by atoms with Crippen LogP contribution in [0.5, 0.6) is 5.75 Å². The molecule has 13 heteroatoms. The molecule has 210 valence electrons. The number of likely N-dealkylation sites (N-methyl/N-ethyl adjacent to an activating group) is 1. The minimum atomic E-state index is -2.78. The zero-order valence-electron chi connectivity index (χ0n) is 22.1. The third-order valence-electron chi connectivity index (χ3n) is 8.09. The van der Waals surface area contributed by atoms with Crippen molar-refractivity contribution in [2.24, 2.45) is 17.6 Å². The van der Waals surface area contributed by atoms with Gasteiger partial charge in [-0.25, -0.2) is 0 Å². The fraction of sp³-hybridized carbons (Fsp3) is 0.500. The summed E-state index contributed by atoms with van der Waals surface area (Å²) in [4.78, 5) is 53.5. The highest BCUT2D eigenvalue weighted by atomic mass is 16.6. The van der Waals surface area contributed by atoms with Crippen molar-refractivity contribution in [1.29, 1.82) is 0 Å². The van der Waals surface area contributed by atoms with Crippen molar-refractivity contribution in [2.75, 3.05) is 32.1 Å². The van der Waals surface area contributed by atoms with E-state index in [4.69, 9.17) is 5.73 Å². The zero-order valence-corrected chi connectivity index (χ0v) is 22.1. The number of hydrogen-bond acceptors (Lipinski definition) is 11. The molecule has 0 heterocycles. The number of aliphatic hydroxyl groups is 3. The lowest BCUT2D eigenvalue weighted by Crippen LogP contribution is -2.65. The van der Waals surface area contributed by atoms with E-state index < -0.39 is 74.4 Å². The van der Waals surface area contributed by atoms with Gasteiger partial charge in [0.1, 0.15) is 17.1 Å². The van der Waals surface area contributed by atoms with Crippen LogP contribution in [0.2, 0.25) is 0 Å². The molecule has 1 fully saturated rings. The average Bonchev–Trinajstić information content (AvgIpc) is 2.84. The largest absolute Gasteiger partial charge is 0.508 e. The Labute approximate surface area is 224 Å². The number of anilines is 1. The van der Waals surface area contributed by atoms with Crippen molar-refractivity contribution in [3.63, 3.8) is 0 Å². The Morgan fingerprint density at radius 2 is 1.87 bits per heavy atom. The molecule has 39 heavy (non-hydrogen) atoms. The number of rotatable bonds is 7. The highest BCUT2D eigenvalue weighted by Gasteiger charge is 2.64. The second-order valence-electron chi connectivity index (χ2n) is 10.4. The van der Waals surface area contributed by atoms with Crippen molar-refractivity contribution in [3.8, 4) is 5.75 Å². The maximum atomic E-state index is 13.9. The van der Waals surface area contributed by atoms with E-state index in [9.17, 15) is 44.9 Å². The van der Waals surface area contributed by atoms with Crippen LogP contribution in [0.25, 0.3) is 5.76 Å². The van der Waals surface area contributed by atoms with Gasteiger partial charge in [-0.05, 0) is 51.8 Å². The number of phenolic OH excluding ortho intramolecular Hbond substituents is 1. The van der Waals surface area contributed by atoms with Crippen molar-refractivity contribution in [3.05, 3.63) is 44.2 Å². The number of carbonyl (C=O) groups is 3. The van der Waals surface area contributed by atoms with Crippen LogP contribution < -0.4 is 10.6 Å². The van der Waals surface area contributed by atoms with E-state index in [0.717, 1.165) is 0 Å². The smallest absolute Gasteiger partial charge is 0.313 e. The molecule has 13 nitrogen and oxygen atoms in total. The van der Waals surface area contributed by atoms with E-state index in [2.05, 4.69) is 0 Å². The number of nitro benzene ring substituents is 1. The summed E-state index contributed by atoms with van der Waals surface area (Å²) in [6.07, 6.45) is 0.695. The fourth-order valence-corrected chi connectivity index (χ4v) is 6.42. The van der Waals surface area contributed by atoms with Crippen LogP contribution in [-0.4, -0.2) is 86.6 Å². The molecule has 3 aliphatic rings. The minimum absolute atomic E-state index is 0.0512. The maximum absolute atomic E-state index is 13.9. The number of primary amides is 1. The maximum Gasteiger partial charge on any atom is 0.313 e. The molecule has 0 saturated heterocycles. The summed E-state index contributed by atoms with van der Waals surface area (Å²) < 4.78 is 0. The summed E-state index contributed by atoms with van der Waals surface area (Å²) in [5.41, 5.74) is 1.12. The van der Waals surface area contributed by atoms with Gasteiger partial charge in [0, 0.05) is 36.3 Å². The van der Waals surface area contributed by atoms with E-state index in [1.165, 1.54) is 25.1 Å². The molecule has 0 bridgehead atoms. The number of carbonyl (C=O) groups excluding carboxylic acids is 3. The average molecular weight is 545 g/mol. The van der Waals surface area contributed by atoms with Crippen LogP contribution in [0.3, 0.4) is 0 Å². The molecule has 4 rings (SSSR count). The Balaban J connectivity index is 2.02. The summed E-state index contributed by atoms with van der Waals surface area (Å²) in [5.74, 6) is -8.10. The van der Waals surface area contributed by atoms with E-state index >= 15 is 0 Å². The third kappa shape index (κ3) is 3.87. The molecule has 0 aromatic heterocycles. The summed E-state index contributed by atoms with van der Waals surface area (Å²) in [6, 6.07) is 0.0481. The Kier molecular flexibility index (Phi) is 6.94. The molecule has 3 aliphatic carbocycles. The predicted octanol–water partition coefficient (Wildman–Crippen LogP) is 1.11. The van der Waals surface area contributed by atoms with Crippen LogP contribution in [0.15, 0.2) is 23.0 Å². The number of fused-ring (bicyclic) bond motifs is 3. The lowest BCUT2D eigenvalue weighted by atomic mass is 9.57. The summed E-state index contributed by atoms with van der Waals surface area (Å²) in [5, 5.41) is 56.7. The first-order chi connectivity index (χ1) is 18.2. The standard InChI is InChI=1S/C26H32N4O9/c1-5-7-29(6-2)14-10-15(30(38)39)20(31)17-12(14)8-11-9-13-19(28(3)4)22(33)18(25(27)36)24(35)26(13,37)23(34)16(11)21(17)32/h10-11,13,19,31-32,35,37H,5-9H2,1-4H3,(H2,27,36)/t11?,13?,19-,26-/m0/s1. The van der Waals surface area contributed by atoms with Crippen molar-refractivity contribution < 1.29 is 39.7 Å². The summed E-state index contributed by atoms with van der Waals surface area (Å²) in [7, 11) is 3.04. The molecule has 0 spiro atoms. The van der Waals surface area contributed by atoms with Gasteiger partial charge in [-0.15, -0.1) is 0 Å². The number of benzene rings is 1. The van der Waals surface area contributed by atoms with Crippen LogP contribution in [0, 0.1) is 22.0 Å². The van der Waals surface area contributed by atoms with Gasteiger partial charge < -0.3 is 31.1 Å². The summed E-state index contributed by atoms with van der Waals surface area (Å²) >= 11 is 0. The Hall–Kier alpha value is -3.97. The van der Waals surface area contributed by atoms with Gasteiger partial charge in [0.15, 0.2) is 11.4 Å². The summed E-state index contributed by atoms with van der Waals surface area (Å²) in [6.45, 7) is 4.79. The molecule has 0 aliphatic heterocycles. The number of nitrogens with zero attached hydrogens (tertiary/aromatic N) is 3. The molecule has 0 radical (unpaired) electrons. The van der Waals surface area contributed by atoms with Gasteiger partial charge in [0.05, 0.1) is 16.5 Å². The van der Waals surface area contributed by atoms with Crippen molar-refractivity contribution in [1.82, 2.24) is 4.90 Å². The molecule has 4 atom stereocenters. The highest BCUT2D eigenvalue weighted by molar-refractivity contribution is 6.24. The fourth-order valence-electron chi connectivity index (χ4n) is 6.42. The van der Waals surface area contributed by atoms with Crippen LogP contribution in [0.4, 0.5) is 11.4 Å². The second-order valence-corrected chi connectivity index (χ2v) is 10.4. The quantitative estimate of drug-likeness (QED) is 0.186. The lowest BCUT2D eigenvalue weighted by molar-refractivity contribution is -0.385. The number of aliphatic hydroxyl groups excluding tert-OH is 2. The number of aromatic hydroxyl groups is 1. The van der Waals surface area contributed by atoms with Crippen LogP contribution in [-0.2, 0) is 20.8 Å². The van der Waals surface area contributed by atoms with Gasteiger partial charge in [-0.2, -0.15) is 0 Å². The number of amides is 1. The van der Waals surface area contributed by atoms with E-state index in [1.54, 1.807) is 0 Å². The molecule has 2 unspecified atom stereocenters. The second kappa shape index (κ2) is 9.65. The lowest BCUT2D eigenvalue weighted by Gasteiger charge is -2.50. The molecular weight excluding hydrogens is 512 g/mol. The van der Waals surface area contributed by atoms with Gasteiger partial charge >= 0.3 is 5.69 Å². The number of nitro groups is 1. The molecule has 1 aromatic rings. The molecule has 1 aromatic carbocycles. The predicted molar refractivity (Wildman–Crippen MR) is 139 cm³/mol. The first kappa shape index (κ1) is 28.0. The van der Waals surface area contributed by atoms with E-state index in [0.29, 0.717) is 30.8 Å². The van der Waals surface area contributed by atoms with Crippen LogP contribution >= 0.6 is 0 Å². The monoisotopic (exact) mass is 544 g/mol. The SMILES string of the molecule is CCCN(CC)c1cc([N+](=O)[O-])c(O)c2c1CC1CC3[C@H](N(C)C)C(=O)C(C(N)=O)=C(O)[C@@]3(O)C(=O)C1=C2O. The van der Waals surface area contributed by atoms with Gasteiger partial charge in [-0.1, -0.05) is 6.92 Å². The number of hydrogen-bond donors (Lipinski definition) is 5. The van der Waals surface area contributed by atoms with Gasteiger partial charge in [0.25, 0.3) is 5.91 Å².